The number of ether oxygens (including phenoxy) is 12. The predicted octanol–water partition coefficient (Wildman–Crippen LogP) is -0.556. The summed E-state index contributed by atoms with van der Waals surface area (Å²) in [4.78, 5) is 73.7. The number of carbonyl (C=O) groups excluding carboxylic acids is 6. The first kappa shape index (κ1) is 55.9. The number of rotatable bonds is 40. The van der Waals surface area contributed by atoms with E-state index in [1.54, 1.807) is 5.32 Å². The molecular weight excluding hydrogens is 893 g/mol. The van der Waals surface area contributed by atoms with Gasteiger partial charge in [-0.05, 0) is 18.6 Å². The maximum absolute atomic E-state index is 13.1. The molecule has 0 spiro atoms. The van der Waals surface area contributed by atoms with Gasteiger partial charge in [0.2, 0.25) is 11.8 Å². The minimum absolute atomic E-state index is 0.00000152. The molecule has 0 aliphatic carbocycles. The summed E-state index contributed by atoms with van der Waals surface area (Å²) in [5, 5.41) is 6.49. The Balaban J connectivity index is 0.974. The molecule has 3 rings (SSSR count). The van der Waals surface area contributed by atoms with Crippen LogP contribution in [0, 0.1) is 0 Å². The van der Waals surface area contributed by atoms with E-state index in [0.717, 1.165) is 4.90 Å². The number of amides is 6. The Morgan fingerprint density at radius 2 is 0.970 bits per heavy atom. The zero-order valence-electron chi connectivity index (χ0n) is 36.8. The number of benzene rings is 1. The molecule has 0 radical (unpaired) electrons. The van der Waals surface area contributed by atoms with Gasteiger partial charge in [-0.25, -0.2) is 0 Å². The lowest BCUT2D eigenvalue weighted by Gasteiger charge is -2.27. The lowest BCUT2D eigenvalue weighted by atomic mass is 10.0. The normalized spacial score (nSPS) is 15.0. The SMILES string of the molecule is O=C(COc1cccc2c1C(=O)N(C1CCC(=O)NC1=O)C2=O)NCCOCCOCCOCCOCCOCCOCCOCCOCCOCCOCCOCCNC(=O)C(F)(F)F. The Bertz CT molecular complexity index is 1610. The fraction of sp³-hybridized carbons (Fsp3) is 0.707. The maximum Gasteiger partial charge on any atom is 0.471 e. The van der Waals surface area contributed by atoms with Gasteiger partial charge >= 0.3 is 12.1 Å². The molecule has 2 aliphatic heterocycles. The molecule has 1 aromatic rings. The fourth-order valence-corrected chi connectivity index (χ4v) is 5.70. The molecule has 374 valence electrons. The highest BCUT2D eigenvalue weighted by atomic mass is 19.4. The summed E-state index contributed by atoms with van der Waals surface area (Å²) >= 11 is 0. The van der Waals surface area contributed by atoms with Crippen LogP contribution in [0.2, 0.25) is 0 Å². The quantitative estimate of drug-likeness (QED) is 0.0551. The van der Waals surface area contributed by atoms with Crippen molar-refractivity contribution in [1.29, 1.82) is 0 Å². The molecule has 2 heterocycles. The van der Waals surface area contributed by atoms with E-state index in [0.29, 0.717) is 119 Å². The van der Waals surface area contributed by atoms with E-state index in [-0.39, 0.29) is 69.2 Å². The summed E-state index contributed by atoms with van der Waals surface area (Å²) in [7, 11) is 0. The van der Waals surface area contributed by atoms with Crippen molar-refractivity contribution in [3.8, 4) is 5.75 Å². The summed E-state index contributed by atoms with van der Waals surface area (Å²) in [6.45, 7) is 7.08. The maximum atomic E-state index is 13.1. The van der Waals surface area contributed by atoms with Crippen LogP contribution >= 0.6 is 0 Å². The number of halogens is 3. The highest BCUT2D eigenvalue weighted by Gasteiger charge is 2.46. The van der Waals surface area contributed by atoms with Gasteiger partial charge in [0, 0.05) is 19.5 Å². The first-order valence-corrected chi connectivity index (χ1v) is 21.4. The molecule has 1 unspecified atom stereocenters. The van der Waals surface area contributed by atoms with Crippen LogP contribution in [0.1, 0.15) is 33.6 Å². The van der Waals surface area contributed by atoms with Gasteiger partial charge < -0.3 is 67.5 Å². The van der Waals surface area contributed by atoms with Crippen molar-refractivity contribution in [3.63, 3.8) is 0 Å². The van der Waals surface area contributed by atoms with Crippen molar-refractivity contribution in [2.45, 2.75) is 25.1 Å². The molecular formula is C41H61F3N4O18. The Morgan fingerprint density at radius 3 is 1.36 bits per heavy atom. The van der Waals surface area contributed by atoms with Crippen LogP contribution in [-0.2, 0) is 71.3 Å². The van der Waals surface area contributed by atoms with E-state index in [9.17, 15) is 41.9 Å². The van der Waals surface area contributed by atoms with E-state index in [1.807, 2.05) is 0 Å². The molecule has 0 saturated carbocycles. The largest absolute Gasteiger partial charge is 0.483 e. The van der Waals surface area contributed by atoms with E-state index in [2.05, 4.69) is 10.6 Å². The molecule has 22 nitrogen and oxygen atoms in total. The third-order valence-electron chi connectivity index (χ3n) is 8.87. The van der Waals surface area contributed by atoms with E-state index < -0.39 is 54.3 Å². The second-order valence-corrected chi connectivity index (χ2v) is 13.8. The van der Waals surface area contributed by atoms with Gasteiger partial charge in [-0.15, -0.1) is 0 Å². The lowest BCUT2D eigenvalue weighted by molar-refractivity contribution is -0.173. The predicted molar refractivity (Wildman–Crippen MR) is 220 cm³/mol. The van der Waals surface area contributed by atoms with Gasteiger partial charge in [0.1, 0.15) is 11.8 Å². The number of alkyl halides is 3. The van der Waals surface area contributed by atoms with Crippen molar-refractivity contribution in [2.75, 3.05) is 165 Å². The van der Waals surface area contributed by atoms with E-state index in [4.69, 9.17) is 56.8 Å². The molecule has 6 amide bonds. The zero-order valence-corrected chi connectivity index (χ0v) is 36.8. The van der Waals surface area contributed by atoms with Gasteiger partial charge in [-0.3, -0.25) is 39.0 Å². The number of nitrogens with zero attached hydrogens (tertiary/aromatic N) is 1. The summed E-state index contributed by atoms with van der Waals surface area (Å²) in [5.41, 5.74) is 0.0106. The lowest BCUT2D eigenvalue weighted by Crippen LogP contribution is -2.54. The number of fused-ring (bicyclic) bond motifs is 1. The minimum atomic E-state index is -4.90. The van der Waals surface area contributed by atoms with Gasteiger partial charge in [0.15, 0.2) is 6.61 Å². The summed E-state index contributed by atoms with van der Waals surface area (Å²) in [5.74, 6) is -5.03. The number of nitrogens with one attached hydrogen (secondary N) is 3. The molecule has 25 heteroatoms. The first-order chi connectivity index (χ1) is 32.0. The molecule has 2 aliphatic rings. The van der Waals surface area contributed by atoms with Crippen molar-refractivity contribution in [2.24, 2.45) is 0 Å². The van der Waals surface area contributed by atoms with Crippen LogP contribution < -0.4 is 20.7 Å². The van der Waals surface area contributed by atoms with Crippen LogP contribution in [0.5, 0.6) is 5.75 Å². The van der Waals surface area contributed by atoms with Crippen molar-refractivity contribution in [3.05, 3.63) is 29.3 Å². The average molecular weight is 955 g/mol. The van der Waals surface area contributed by atoms with Crippen LogP contribution in [0.15, 0.2) is 18.2 Å². The first-order valence-electron chi connectivity index (χ1n) is 21.4. The average Bonchev–Trinajstić information content (AvgIpc) is 3.54. The van der Waals surface area contributed by atoms with Crippen LogP contribution in [0.3, 0.4) is 0 Å². The van der Waals surface area contributed by atoms with Crippen LogP contribution in [0.4, 0.5) is 13.2 Å². The third kappa shape index (κ3) is 23.4. The van der Waals surface area contributed by atoms with Crippen LogP contribution in [0.25, 0.3) is 0 Å². The van der Waals surface area contributed by atoms with Gasteiger partial charge in [-0.2, -0.15) is 13.2 Å². The Morgan fingerprint density at radius 1 is 0.576 bits per heavy atom. The zero-order chi connectivity index (χ0) is 47.7. The van der Waals surface area contributed by atoms with E-state index >= 15 is 0 Å². The Hall–Kier alpha value is -4.41. The molecule has 3 N–H and O–H groups in total. The summed E-state index contributed by atoms with van der Waals surface area (Å²) in [6, 6.07) is 3.29. The van der Waals surface area contributed by atoms with Gasteiger partial charge in [0.05, 0.1) is 156 Å². The monoisotopic (exact) mass is 954 g/mol. The molecule has 0 bridgehead atoms. The van der Waals surface area contributed by atoms with Crippen molar-refractivity contribution >= 4 is 35.4 Å². The van der Waals surface area contributed by atoms with E-state index in [1.165, 1.54) is 18.2 Å². The summed E-state index contributed by atoms with van der Waals surface area (Å²) < 4.78 is 101. The second-order valence-electron chi connectivity index (χ2n) is 13.8. The number of imide groups is 2. The topological polar surface area (TPSA) is 253 Å². The third-order valence-corrected chi connectivity index (χ3v) is 8.87. The highest BCUT2D eigenvalue weighted by Crippen LogP contribution is 2.33. The van der Waals surface area contributed by atoms with Gasteiger partial charge in [-0.1, -0.05) is 6.07 Å². The molecule has 1 atom stereocenters. The van der Waals surface area contributed by atoms with Crippen LogP contribution in [-0.4, -0.2) is 218 Å². The smallest absolute Gasteiger partial charge is 0.471 e. The number of carbonyl (C=O) groups is 6. The highest BCUT2D eigenvalue weighted by molar-refractivity contribution is 6.24. The summed E-state index contributed by atoms with van der Waals surface area (Å²) in [6.07, 6.45) is -4.88. The molecule has 1 aromatic carbocycles. The number of hydrogen-bond donors (Lipinski definition) is 3. The molecule has 66 heavy (non-hydrogen) atoms. The van der Waals surface area contributed by atoms with Gasteiger partial charge in [0.25, 0.3) is 17.7 Å². The van der Waals surface area contributed by atoms with Crippen molar-refractivity contribution < 1.29 is 98.8 Å². The van der Waals surface area contributed by atoms with Crippen molar-refractivity contribution in [1.82, 2.24) is 20.9 Å². The minimum Gasteiger partial charge on any atom is -0.483 e. The molecule has 1 fully saturated rings. The fourth-order valence-electron chi connectivity index (χ4n) is 5.70. The standard InChI is InChI=1S/C41H61F3N4O18/c42-41(43,44)40(54)46-7-9-56-11-13-58-15-17-60-19-21-62-23-25-64-27-29-65-28-26-63-24-22-61-20-18-59-16-14-57-12-10-55-8-6-45-35(50)30-66-33-3-1-2-31-36(33)39(53)48(38(31)52)32-4-5-34(49)47-37(32)51/h1-3,32H,4-30H2,(H,45,50)(H,46,54)(H,47,49,51). The number of hydrogen-bond acceptors (Lipinski definition) is 18. The molecule has 1 saturated heterocycles. The Kier molecular flexibility index (Phi) is 28.8. The second kappa shape index (κ2) is 34.0. The Labute approximate surface area is 379 Å². The molecule has 0 aromatic heterocycles. The number of piperidine rings is 1.